The second kappa shape index (κ2) is 7.94. The maximum Gasteiger partial charge on any atom is 0.359 e. The highest BCUT2D eigenvalue weighted by atomic mass is 35.5. The van der Waals surface area contributed by atoms with Crippen molar-refractivity contribution in [3.05, 3.63) is 63.9 Å². The average molecular weight is 353 g/mol. The number of carbonyl (C=O) groups is 2. The molecule has 0 aliphatic carbocycles. The van der Waals surface area contributed by atoms with Gasteiger partial charge in [-0.05, 0) is 24.6 Å². The predicted molar refractivity (Wildman–Crippen MR) is 87.5 cm³/mol. The maximum atomic E-state index is 11.9. The van der Waals surface area contributed by atoms with Gasteiger partial charge >= 0.3 is 5.97 Å². The van der Waals surface area contributed by atoms with Gasteiger partial charge in [-0.25, -0.2) is 9.78 Å². The zero-order valence-electron chi connectivity index (χ0n) is 12.3. The summed E-state index contributed by atoms with van der Waals surface area (Å²) in [7, 11) is 0. The van der Waals surface area contributed by atoms with Crippen molar-refractivity contribution in [2.75, 3.05) is 6.61 Å². The van der Waals surface area contributed by atoms with Crippen LogP contribution in [-0.4, -0.2) is 23.5 Å². The SMILES string of the molecule is C[C@H](NC(=O)COC(=O)c1nc(Cl)ccc1Cl)c1ccccc1. The number of ether oxygens (including phenoxy) is 1. The molecule has 0 spiro atoms. The van der Waals surface area contributed by atoms with E-state index < -0.39 is 18.5 Å². The number of hydrogen-bond acceptors (Lipinski definition) is 4. The van der Waals surface area contributed by atoms with Gasteiger partial charge in [0.1, 0.15) is 5.15 Å². The third-order valence-corrected chi connectivity index (χ3v) is 3.53. The van der Waals surface area contributed by atoms with Crippen molar-refractivity contribution in [2.24, 2.45) is 0 Å². The first-order valence-corrected chi connectivity index (χ1v) is 7.56. The zero-order valence-corrected chi connectivity index (χ0v) is 13.8. The van der Waals surface area contributed by atoms with Gasteiger partial charge < -0.3 is 10.1 Å². The Balaban J connectivity index is 1.89. The molecule has 1 amide bonds. The number of aromatic nitrogens is 1. The summed E-state index contributed by atoms with van der Waals surface area (Å²) in [6.07, 6.45) is 0. The van der Waals surface area contributed by atoms with Crippen LogP contribution in [0.1, 0.15) is 29.0 Å². The van der Waals surface area contributed by atoms with Gasteiger partial charge in [-0.15, -0.1) is 0 Å². The molecule has 2 aromatic rings. The van der Waals surface area contributed by atoms with Crippen LogP contribution in [0.25, 0.3) is 0 Å². The fraction of sp³-hybridized carbons (Fsp3) is 0.188. The molecule has 0 saturated heterocycles. The molecule has 1 aromatic heterocycles. The molecule has 0 aliphatic rings. The lowest BCUT2D eigenvalue weighted by atomic mass is 10.1. The number of nitrogens with zero attached hydrogens (tertiary/aromatic N) is 1. The number of nitrogens with one attached hydrogen (secondary N) is 1. The summed E-state index contributed by atoms with van der Waals surface area (Å²) >= 11 is 11.6. The van der Waals surface area contributed by atoms with E-state index in [1.54, 1.807) is 0 Å². The van der Waals surface area contributed by atoms with Crippen LogP contribution in [0.5, 0.6) is 0 Å². The van der Waals surface area contributed by atoms with Gasteiger partial charge in [0.2, 0.25) is 0 Å². The van der Waals surface area contributed by atoms with E-state index in [0.29, 0.717) is 0 Å². The van der Waals surface area contributed by atoms with Crippen molar-refractivity contribution in [2.45, 2.75) is 13.0 Å². The Morgan fingerprint density at radius 2 is 1.87 bits per heavy atom. The van der Waals surface area contributed by atoms with Crippen LogP contribution in [-0.2, 0) is 9.53 Å². The molecule has 0 fully saturated rings. The van der Waals surface area contributed by atoms with Gasteiger partial charge in [-0.1, -0.05) is 53.5 Å². The molecule has 23 heavy (non-hydrogen) atoms. The molecule has 1 aromatic carbocycles. The largest absolute Gasteiger partial charge is 0.451 e. The van der Waals surface area contributed by atoms with Crippen LogP contribution in [0.15, 0.2) is 42.5 Å². The molecule has 0 saturated carbocycles. The van der Waals surface area contributed by atoms with Gasteiger partial charge in [0, 0.05) is 0 Å². The molecule has 2 rings (SSSR count). The lowest BCUT2D eigenvalue weighted by Crippen LogP contribution is -2.31. The number of benzene rings is 1. The molecule has 1 atom stereocenters. The fourth-order valence-corrected chi connectivity index (χ4v) is 2.20. The second-order valence-electron chi connectivity index (χ2n) is 4.74. The smallest absolute Gasteiger partial charge is 0.359 e. The van der Waals surface area contributed by atoms with E-state index in [2.05, 4.69) is 10.3 Å². The molecule has 1 heterocycles. The standard InChI is InChI=1S/C16H14Cl2N2O3/c1-10(11-5-3-2-4-6-11)19-14(21)9-23-16(22)15-12(17)7-8-13(18)20-15/h2-8,10H,9H2,1H3,(H,19,21)/t10-/m0/s1. The van der Waals surface area contributed by atoms with E-state index >= 15 is 0 Å². The van der Waals surface area contributed by atoms with Gasteiger partial charge in [0.15, 0.2) is 12.3 Å². The van der Waals surface area contributed by atoms with Crippen LogP contribution < -0.4 is 5.32 Å². The van der Waals surface area contributed by atoms with Crippen LogP contribution in [0.3, 0.4) is 0 Å². The summed E-state index contributed by atoms with van der Waals surface area (Å²) in [5.74, 6) is -1.23. The molecule has 0 bridgehead atoms. The Morgan fingerprint density at radius 3 is 2.57 bits per heavy atom. The number of halogens is 2. The summed E-state index contributed by atoms with van der Waals surface area (Å²) in [6, 6.07) is 12.1. The molecular weight excluding hydrogens is 339 g/mol. The van der Waals surface area contributed by atoms with Gasteiger partial charge in [0.25, 0.3) is 5.91 Å². The minimum absolute atomic E-state index is 0.109. The van der Waals surface area contributed by atoms with Crippen molar-refractivity contribution < 1.29 is 14.3 Å². The lowest BCUT2D eigenvalue weighted by molar-refractivity contribution is -0.124. The minimum Gasteiger partial charge on any atom is -0.451 e. The summed E-state index contributed by atoms with van der Waals surface area (Å²) in [4.78, 5) is 27.5. The second-order valence-corrected chi connectivity index (χ2v) is 5.53. The number of carbonyl (C=O) groups excluding carboxylic acids is 2. The van der Waals surface area contributed by atoms with Crippen LogP contribution in [0.2, 0.25) is 10.2 Å². The van der Waals surface area contributed by atoms with Gasteiger partial charge in [0.05, 0.1) is 11.1 Å². The quantitative estimate of drug-likeness (QED) is 0.661. The van der Waals surface area contributed by atoms with Crippen LogP contribution in [0, 0.1) is 0 Å². The highest BCUT2D eigenvalue weighted by molar-refractivity contribution is 6.34. The summed E-state index contributed by atoms with van der Waals surface area (Å²) < 4.78 is 4.91. The van der Waals surface area contributed by atoms with Gasteiger partial charge in [-0.2, -0.15) is 0 Å². The van der Waals surface area contributed by atoms with Crippen molar-refractivity contribution in [1.82, 2.24) is 10.3 Å². The molecule has 1 N–H and O–H groups in total. The Hall–Kier alpha value is -2.11. The Morgan fingerprint density at radius 1 is 1.17 bits per heavy atom. The van der Waals surface area contributed by atoms with E-state index in [4.69, 9.17) is 27.9 Å². The molecule has 0 aliphatic heterocycles. The number of pyridine rings is 1. The maximum absolute atomic E-state index is 11.9. The summed E-state index contributed by atoms with van der Waals surface area (Å²) in [5, 5.41) is 2.96. The zero-order chi connectivity index (χ0) is 16.8. The fourth-order valence-electron chi connectivity index (χ4n) is 1.87. The van der Waals surface area contributed by atoms with E-state index in [1.807, 2.05) is 37.3 Å². The molecule has 120 valence electrons. The van der Waals surface area contributed by atoms with Gasteiger partial charge in [-0.3, -0.25) is 4.79 Å². The lowest BCUT2D eigenvalue weighted by Gasteiger charge is -2.14. The molecule has 7 heteroatoms. The number of hydrogen-bond donors (Lipinski definition) is 1. The molecule has 0 unspecified atom stereocenters. The number of rotatable bonds is 5. The highest BCUT2D eigenvalue weighted by Gasteiger charge is 2.17. The molecular formula is C16H14Cl2N2O3. The minimum atomic E-state index is -0.806. The summed E-state index contributed by atoms with van der Waals surface area (Å²) in [6.45, 7) is 1.41. The topological polar surface area (TPSA) is 68.3 Å². The first-order valence-electron chi connectivity index (χ1n) is 6.81. The van der Waals surface area contributed by atoms with E-state index in [1.165, 1.54) is 12.1 Å². The first kappa shape index (κ1) is 17.2. The Bertz CT molecular complexity index is 708. The normalized spacial score (nSPS) is 11.6. The van der Waals surface area contributed by atoms with Crippen LogP contribution >= 0.6 is 23.2 Å². The van der Waals surface area contributed by atoms with Crippen molar-refractivity contribution in [3.63, 3.8) is 0 Å². The first-order chi connectivity index (χ1) is 11.0. The Labute approximate surface area is 143 Å². The number of esters is 1. The molecule has 5 nitrogen and oxygen atoms in total. The monoisotopic (exact) mass is 352 g/mol. The third-order valence-electron chi connectivity index (χ3n) is 3.02. The van der Waals surface area contributed by atoms with Crippen molar-refractivity contribution >= 4 is 35.1 Å². The Kier molecular flexibility index (Phi) is 5.96. The van der Waals surface area contributed by atoms with E-state index in [-0.39, 0.29) is 21.9 Å². The van der Waals surface area contributed by atoms with Crippen molar-refractivity contribution in [3.8, 4) is 0 Å². The third kappa shape index (κ3) is 4.94. The summed E-state index contributed by atoms with van der Waals surface area (Å²) in [5.41, 5.74) is 0.829. The van der Waals surface area contributed by atoms with Crippen molar-refractivity contribution in [1.29, 1.82) is 0 Å². The highest BCUT2D eigenvalue weighted by Crippen LogP contribution is 2.17. The number of amides is 1. The van der Waals surface area contributed by atoms with Crippen LogP contribution in [0.4, 0.5) is 0 Å². The van der Waals surface area contributed by atoms with E-state index in [9.17, 15) is 9.59 Å². The average Bonchev–Trinajstić information content (AvgIpc) is 2.55. The molecule has 0 radical (unpaired) electrons. The van der Waals surface area contributed by atoms with E-state index in [0.717, 1.165) is 5.56 Å². The predicted octanol–water partition coefficient (Wildman–Crippen LogP) is 3.42.